The van der Waals surface area contributed by atoms with Gasteiger partial charge in [-0.05, 0) is 30.8 Å². The summed E-state index contributed by atoms with van der Waals surface area (Å²) < 4.78 is 87.7. The van der Waals surface area contributed by atoms with Crippen LogP contribution in [0.5, 0.6) is 11.5 Å². The van der Waals surface area contributed by atoms with Crippen LogP contribution in [0.25, 0.3) is 0 Å². The third-order valence-electron chi connectivity index (χ3n) is 2.97. The number of halogens is 6. The summed E-state index contributed by atoms with van der Waals surface area (Å²) in [5.41, 5.74) is -2.01. The van der Waals surface area contributed by atoms with Crippen LogP contribution in [0.4, 0.5) is 26.3 Å². The van der Waals surface area contributed by atoms with Crippen molar-refractivity contribution in [3.8, 4) is 11.5 Å². The lowest BCUT2D eigenvalue weighted by molar-refractivity contribution is -0.138. The average Bonchev–Trinajstić information content (AvgIpc) is 2.46. The zero-order chi connectivity index (χ0) is 18.0. The molecule has 24 heavy (non-hydrogen) atoms. The van der Waals surface area contributed by atoms with Crippen molar-refractivity contribution in [1.82, 2.24) is 0 Å². The van der Waals surface area contributed by atoms with E-state index in [-0.39, 0.29) is 0 Å². The van der Waals surface area contributed by atoms with Crippen molar-refractivity contribution in [2.75, 3.05) is 0 Å². The number of alkyl halides is 6. The van der Waals surface area contributed by atoms with Gasteiger partial charge >= 0.3 is 21.6 Å². The Kier molecular flexibility index (Phi) is 5.12. The second-order valence-electron chi connectivity index (χ2n) is 4.79. The maximum Gasteiger partial charge on any atom is 0.441 e. The fourth-order valence-electron chi connectivity index (χ4n) is 1.99. The van der Waals surface area contributed by atoms with Crippen molar-refractivity contribution < 1.29 is 35.2 Å². The summed E-state index contributed by atoms with van der Waals surface area (Å²) >= 11 is 0. The van der Waals surface area contributed by atoms with E-state index >= 15 is 0 Å². The maximum absolute atomic E-state index is 12.9. The third-order valence-corrected chi connectivity index (χ3v) is 4.14. The SMILES string of the molecule is C[SiH](Oc1ccccc1C(F)(F)F)Oc1ccccc1C(F)(F)F. The van der Waals surface area contributed by atoms with E-state index in [0.29, 0.717) is 0 Å². The third kappa shape index (κ3) is 4.44. The second kappa shape index (κ2) is 6.76. The summed E-state index contributed by atoms with van der Waals surface area (Å²) in [7, 11) is -2.86. The van der Waals surface area contributed by atoms with Gasteiger partial charge in [-0.2, -0.15) is 26.3 Å². The molecule has 0 spiro atoms. The Bertz CT molecular complexity index is 639. The molecule has 0 aliphatic heterocycles. The van der Waals surface area contributed by atoms with E-state index < -0.39 is 44.3 Å². The molecule has 0 saturated heterocycles. The van der Waals surface area contributed by atoms with Crippen LogP contribution >= 0.6 is 0 Å². The van der Waals surface area contributed by atoms with E-state index in [1.807, 2.05) is 0 Å². The van der Waals surface area contributed by atoms with E-state index in [2.05, 4.69) is 0 Å². The van der Waals surface area contributed by atoms with Crippen LogP contribution in [0.3, 0.4) is 0 Å². The molecule has 2 aromatic carbocycles. The van der Waals surface area contributed by atoms with Gasteiger partial charge in [0.05, 0.1) is 11.1 Å². The van der Waals surface area contributed by atoms with Crippen molar-refractivity contribution >= 4 is 9.28 Å². The summed E-state index contributed by atoms with van der Waals surface area (Å²) in [6.07, 6.45) is -9.26. The first kappa shape index (κ1) is 18.2. The fourth-order valence-corrected chi connectivity index (χ4v) is 3.16. The van der Waals surface area contributed by atoms with Gasteiger partial charge in [0, 0.05) is 0 Å². The van der Waals surface area contributed by atoms with E-state index in [9.17, 15) is 26.3 Å². The molecule has 0 fully saturated rings. The first-order chi connectivity index (χ1) is 11.1. The summed E-state index contributed by atoms with van der Waals surface area (Å²) in [6, 6.07) is 8.95. The largest absolute Gasteiger partial charge is 0.514 e. The molecule has 0 unspecified atom stereocenters. The van der Waals surface area contributed by atoms with Crippen molar-refractivity contribution in [3.63, 3.8) is 0 Å². The highest BCUT2D eigenvalue weighted by Gasteiger charge is 2.36. The molecule has 0 saturated carbocycles. The molecule has 0 radical (unpaired) electrons. The number of rotatable bonds is 4. The molecule has 0 atom stereocenters. The van der Waals surface area contributed by atoms with Crippen LogP contribution in [0.15, 0.2) is 48.5 Å². The topological polar surface area (TPSA) is 18.5 Å². The molecule has 0 amide bonds. The smallest absolute Gasteiger partial charge is 0.441 e. The van der Waals surface area contributed by atoms with Gasteiger partial charge in [-0.1, -0.05) is 24.3 Å². The lowest BCUT2D eigenvalue weighted by Gasteiger charge is -2.20. The maximum atomic E-state index is 12.9. The van der Waals surface area contributed by atoms with Crippen molar-refractivity contribution in [3.05, 3.63) is 59.7 Å². The molecule has 0 heterocycles. The monoisotopic (exact) mass is 366 g/mol. The Morgan fingerprint density at radius 2 is 1.00 bits per heavy atom. The molecule has 0 N–H and O–H groups in total. The highest BCUT2D eigenvalue weighted by atomic mass is 28.3. The quantitative estimate of drug-likeness (QED) is 0.558. The minimum atomic E-state index is -4.63. The van der Waals surface area contributed by atoms with Gasteiger partial charge in [-0.25, -0.2) is 0 Å². The Labute approximate surface area is 135 Å². The summed E-state index contributed by atoms with van der Waals surface area (Å²) in [5.74, 6) is -0.928. The fraction of sp³-hybridized carbons (Fsp3) is 0.200. The van der Waals surface area contributed by atoms with Crippen molar-refractivity contribution in [2.24, 2.45) is 0 Å². The predicted octanol–water partition coefficient (Wildman–Crippen LogP) is 5.03. The summed E-state index contributed by atoms with van der Waals surface area (Å²) in [4.78, 5) is 0. The van der Waals surface area contributed by atoms with Crippen molar-refractivity contribution in [1.29, 1.82) is 0 Å². The predicted molar refractivity (Wildman–Crippen MR) is 77.2 cm³/mol. The highest BCUT2D eigenvalue weighted by molar-refractivity contribution is 6.44. The number of hydrogen-bond donors (Lipinski definition) is 0. The van der Waals surface area contributed by atoms with Gasteiger partial charge in [0.2, 0.25) is 0 Å². The molecule has 0 aromatic heterocycles. The van der Waals surface area contributed by atoms with E-state index in [4.69, 9.17) is 8.85 Å². The number of para-hydroxylation sites is 2. The van der Waals surface area contributed by atoms with Crippen molar-refractivity contribution in [2.45, 2.75) is 18.9 Å². The molecular weight excluding hydrogens is 354 g/mol. The lowest BCUT2D eigenvalue weighted by Crippen LogP contribution is -2.28. The Balaban J connectivity index is 2.21. The lowest BCUT2D eigenvalue weighted by atomic mass is 10.2. The first-order valence-electron chi connectivity index (χ1n) is 6.75. The number of benzene rings is 2. The Morgan fingerprint density at radius 1 is 0.667 bits per heavy atom. The van der Waals surface area contributed by atoms with Gasteiger partial charge in [0.25, 0.3) is 0 Å². The van der Waals surface area contributed by atoms with Crippen LogP contribution < -0.4 is 8.85 Å². The van der Waals surface area contributed by atoms with Gasteiger partial charge in [-0.15, -0.1) is 0 Å². The van der Waals surface area contributed by atoms with Crippen LogP contribution in [0.1, 0.15) is 11.1 Å². The molecule has 2 aromatic rings. The highest BCUT2D eigenvalue weighted by Crippen LogP contribution is 2.38. The van der Waals surface area contributed by atoms with E-state index in [1.165, 1.54) is 30.8 Å². The average molecular weight is 366 g/mol. The minimum Gasteiger partial charge on any atom is -0.514 e. The molecule has 130 valence electrons. The Morgan fingerprint density at radius 3 is 1.33 bits per heavy atom. The standard InChI is InChI=1S/C15H12F6O2Si/c1-24(22-12-8-4-2-6-10(12)14(16,17)18)23-13-9-5-3-7-11(13)15(19,20)21/h2-9,24H,1H3. The van der Waals surface area contributed by atoms with Crippen LogP contribution in [-0.4, -0.2) is 9.28 Å². The summed E-state index contributed by atoms with van der Waals surface area (Å²) in [6.45, 7) is 1.35. The van der Waals surface area contributed by atoms with Gasteiger partial charge in [0.15, 0.2) is 0 Å². The zero-order valence-electron chi connectivity index (χ0n) is 12.3. The Hall–Kier alpha value is -2.16. The van der Waals surface area contributed by atoms with E-state index in [0.717, 1.165) is 24.3 Å². The zero-order valence-corrected chi connectivity index (χ0v) is 13.4. The molecule has 9 heteroatoms. The molecule has 2 nitrogen and oxygen atoms in total. The van der Waals surface area contributed by atoms with Crippen LogP contribution in [-0.2, 0) is 12.4 Å². The van der Waals surface area contributed by atoms with Crippen LogP contribution in [0.2, 0.25) is 6.55 Å². The van der Waals surface area contributed by atoms with Gasteiger partial charge < -0.3 is 8.85 Å². The second-order valence-corrected chi connectivity index (χ2v) is 6.40. The van der Waals surface area contributed by atoms with Gasteiger partial charge in [-0.3, -0.25) is 0 Å². The molecule has 0 aliphatic rings. The molecule has 2 rings (SSSR count). The minimum absolute atomic E-state index is 0.464. The number of hydrogen-bond acceptors (Lipinski definition) is 2. The molecule has 0 bridgehead atoms. The first-order valence-corrected chi connectivity index (χ1v) is 8.84. The van der Waals surface area contributed by atoms with E-state index in [1.54, 1.807) is 0 Å². The molecule has 0 aliphatic carbocycles. The summed E-state index contributed by atoms with van der Waals surface area (Å²) in [5, 5.41) is 0. The molecular formula is C15H12F6O2Si. The normalized spacial score (nSPS) is 12.3. The van der Waals surface area contributed by atoms with Gasteiger partial charge in [0.1, 0.15) is 11.5 Å². The van der Waals surface area contributed by atoms with Crippen LogP contribution in [0, 0.1) is 0 Å².